The van der Waals surface area contributed by atoms with E-state index in [0.29, 0.717) is 25.3 Å². The van der Waals surface area contributed by atoms with Crippen molar-refractivity contribution in [1.29, 1.82) is 0 Å². The number of anilines is 1. The highest BCUT2D eigenvalue weighted by molar-refractivity contribution is 7.88. The number of nitrogens with two attached hydrogens (primary N) is 1. The van der Waals surface area contributed by atoms with Crippen molar-refractivity contribution in [2.24, 2.45) is 0 Å². The van der Waals surface area contributed by atoms with Crippen LogP contribution in [0.25, 0.3) is 0 Å². The van der Waals surface area contributed by atoms with E-state index in [9.17, 15) is 44.3 Å². The van der Waals surface area contributed by atoms with Crippen molar-refractivity contribution in [3.63, 3.8) is 0 Å². The number of benzene rings is 1. The van der Waals surface area contributed by atoms with Gasteiger partial charge in [0, 0.05) is 25.3 Å². The number of nitrogens with zero attached hydrogens (tertiary/aromatic N) is 2. The molecule has 0 bridgehead atoms. The van der Waals surface area contributed by atoms with E-state index >= 15 is 0 Å². The van der Waals surface area contributed by atoms with Crippen LogP contribution < -0.4 is 21.1 Å². The van der Waals surface area contributed by atoms with Gasteiger partial charge in [-0.3, -0.25) is 14.5 Å². The lowest BCUT2D eigenvalue weighted by atomic mass is 9.85. The summed E-state index contributed by atoms with van der Waals surface area (Å²) in [4.78, 5) is 50.0. The minimum Gasteiger partial charge on any atom is -0.475 e. The summed E-state index contributed by atoms with van der Waals surface area (Å²) in [6.07, 6.45) is -7.61. The first-order valence-electron chi connectivity index (χ1n) is 14.6. The highest BCUT2D eigenvalue weighted by atomic mass is 32.2. The topological polar surface area (TPSA) is 221 Å². The Bertz CT molecular complexity index is 1540. The zero-order chi connectivity index (χ0) is 38.4. The number of carbonyl (C=O) groups excluding carboxylic acids is 2. The molecule has 1 fully saturated rings. The van der Waals surface area contributed by atoms with Gasteiger partial charge in [-0.15, -0.1) is 0 Å². The molecular weight excluding hydrogens is 706 g/mol. The van der Waals surface area contributed by atoms with Crippen LogP contribution in [0, 0.1) is 6.92 Å². The van der Waals surface area contributed by atoms with E-state index in [1.807, 2.05) is 36.1 Å². The molecule has 280 valence electrons. The van der Waals surface area contributed by atoms with Crippen LogP contribution in [0.4, 0.5) is 32.2 Å². The third-order valence-corrected chi connectivity index (χ3v) is 7.69. The number of carbonyl (C=O) groups is 4. The molecule has 0 unspecified atom stereocenters. The van der Waals surface area contributed by atoms with Gasteiger partial charge in [0.15, 0.2) is 0 Å². The van der Waals surface area contributed by atoms with Crippen molar-refractivity contribution in [1.82, 2.24) is 25.2 Å². The van der Waals surface area contributed by atoms with Crippen LogP contribution in [-0.2, 0) is 35.7 Å². The van der Waals surface area contributed by atoms with Gasteiger partial charge in [0.1, 0.15) is 11.9 Å². The van der Waals surface area contributed by atoms with Crippen LogP contribution in [-0.4, -0.2) is 103 Å². The average Bonchev–Trinajstić information content (AvgIpc) is 3.00. The number of aliphatic carboxylic acids is 2. The first kappa shape index (κ1) is 43.5. The second kappa shape index (κ2) is 19.0. The van der Waals surface area contributed by atoms with Gasteiger partial charge in [-0.2, -0.15) is 26.3 Å². The summed E-state index contributed by atoms with van der Waals surface area (Å²) < 4.78 is 88.9. The van der Waals surface area contributed by atoms with Gasteiger partial charge in [0.2, 0.25) is 21.8 Å². The number of hydrogen-bond acceptors (Lipinski definition) is 9. The Hall–Kier alpha value is -4.50. The molecule has 2 aromatic rings. The molecule has 0 radical (unpaired) electrons. The number of carboxylic acids is 2. The molecular formula is C29H38F6N6O8S. The van der Waals surface area contributed by atoms with Crippen molar-refractivity contribution in [3.05, 3.63) is 59.3 Å². The number of amides is 2. The van der Waals surface area contributed by atoms with Crippen LogP contribution in [0.3, 0.4) is 0 Å². The van der Waals surface area contributed by atoms with Crippen LogP contribution in [0.1, 0.15) is 42.5 Å². The Morgan fingerprint density at radius 1 is 1.00 bits per heavy atom. The van der Waals surface area contributed by atoms with Crippen molar-refractivity contribution in [3.8, 4) is 0 Å². The Morgan fingerprint density at radius 3 is 2.02 bits per heavy atom. The van der Waals surface area contributed by atoms with E-state index < -0.39 is 46.4 Å². The summed E-state index contributed by atoms with van der Waals surface area (Å²) in [6.45, 7) is 5.01. The molecule has 1 aliphatic heterocycles. The number of aromatic nitrogens is 1. The third kappa shape index (κ3) is 16.3. The van der Waals surface area contributed by atoms with Gasteiger partial charge in [0.25, 0.3) is 0 Å². The number of piperidine rings is 1. The fourth-order valence-electron chi connectivity index (χ4n) is 4.46. The lowest BCUT2D eigenvalue weighted by molar-refractivity contribution is -0.193. The number of nitrogens with one attached hydrogen (secondary N) is 3. The highest BCUT2D eigenvalue weighted by Crippen LogP contribution is 2.31. The summed E-state index contributed by atoms with van der Waals surface area (Å²) in [5, 5.41) is 19.9. The summed E-state index contributed by atoms with van der Waals surface area (Å²) in [6, 6.07) is 12.3. The van der Waals surface area contributed by atoms with Crippen molar-refractivity contribution >= 4 is 39.6 Å². The summed E-state index contributed by atoms with van der Waals surface area (Å²) in [5.41, 5.74) is 8.43. The molecule has 0 aliphatic carbocycles. The van der Waals surface area contributed by atoms with Gasteiger partial charge in [-0.05, 0) is 56.3 Å². The van der Waals surface area contributed by atoms with Crippen LogP contribution in [0.5, 0.6) is 0 Å². The zero-order valence-corrected chi connectivity index (χ0v) is 27.8. The molecule has 21 heteroatoms. The number of hydrogen-bond donors (Lipinski definition) is 6. The van der Waals surface area contributed by atoms with Crippen LogP contribution in [0.2, 0.25) is 0 Å². The fourth-order valence-corrected chi connectivity index (χ4v) is 4.93. The molecule has 2 heterocycles. The first-order valence-corrected chi connectivity index (χ1v) is 16.5. The predicted octanol–water partition coefficient (Wildman–Crippen LogP) is 2.16. The van der Waals surface area contributed by atoms with E-state index in [1.54, 1.807) is 13.0 Å². The molecule has 1 aromatic carbocycles. The molecule has 7 N–H and O–H groups in total. The van der Waals surface area contributed by atoms with E-state index in [-0.39, 0.29) is 30.8 Å². The largest absolute Gasteiger partial charge is 0.490 e. The lowest BCUT2D eigenvalue weighted by Gasteiger charge is -2.39. The van der Waals surface area contributed by atoms with Crippen molar-refractivity contribution in [2.45, 2.75) is 63.6 Å². The summed E-state index contributed by atoms with van der Waals surface area (Å²) >= 11 is 0. The lowest BCUT2D eigenvalue weighted by Crippen LogP contribution is -2.56. The maximum Gasteiger partial charge on any atom is 0.490 e. The number of sulfonamides is 1. The summed E-state index contributed by atoms with van der Waals surface area (Å²) in [7, 11) is -3.32. The molecule has 0 saturated carbocycles. The maximum atomic E-state index is 13.3. The normalized spacial score (nSPS) is 17.1. The first-order chi connectivity index (χ1) is 22.9. The van der Waals surface area contributed by atoms with E-state index in [0.717, 1.165) is 23.9 Å². The Balaban J connectivity index is 0.000000748. The van der Waals surface area contributed by atoms with Gasteiger partial charge < -0.3 is 26.6 Å². The van der Waals surface area contributed by atoms with Crippen LogP contribution in [0.15, 0.2) is 42.5 Å². The van der Waals surface area contributed by atoms with Gasteiger partial charge >= 0.3 is 24.3 Å². The van der Waals surface area contributed by atoms with E-state index in [1.165, 1.54) is 5.56 Å². The molecule has 14 nitrogen and oxygen atoms in total. The molecule has 0 spiro atoms. The van der Waals surface area contributed by atoms with Crippen molar-refractivity contribution in [2.75, 3.05) is 31.6 Å². The van der Waals surface area contributed by atoms with E-state index in [4.69, 9.17) is 25.5 Å². The molecule has 3 rings (SSSR count). The molecule has 2 amide bonds. The van der Waals surface area contributed by atoms with Crippen molar-refractivity contribution < 1.29 is 64.2 Å². The van der Waals surface area contributed by atoms with Gasteiger partial charge in [-0.1, -0.05) is 36.4 Å². The minimum absolute atomic E-state index is 0.200. The number of nitrogen functional groups attached to an aromatic ring is 1. The number of likely N-dealkylation sites (tertiary alicyclic amines) is 1. The smallest absolute Gasteiger partial charge is 0.475 e. The second-order valence-electron chi connectivity index (χ2n) is 10.9. The quantitative estimate of drug-likeness (QED) is 0.194. The minimum atomic E-state index is -5.08. The number of pyridine rings is 1. The molecule has 3 atom stereocenters. The zero-order valence-electron chi connectivity index (χ0n) is 27.0. The predicted molar refractivity (Wildman–Crippen MR) is 167 cm³/mol. The molecule has 1 saturated heterocycles. The number of rotatable bonds is 10. The Labute approximate surface area is 283 Å². The number of aryl methyl sites for hydroxylation is 1. The van der Waals surface area contributed by atoms with Gasteiger partial charge in [0.05, 0.1) is 12.3 Å². The Morgan fingerprint density at radius 2 is 1.54 bits per heavy atom. The van der Waals surface area contributed by atoms with E-state index in [2.05, 4.69) is 32.5 Å². The molecule has 50 heavy (non-hydrogen) atoms. The van der Waals surface area contributed by atoms with Crippen LogP contribution >= 0.6 is 0 Å². The second-order valence-corrected chi connectivity index (χ2v) is 12.7. The Kier molecular flexibility index (Phi) is 16.6. The monoisotopic (exact) mass is 744 g/mol. The third-order valence-electron chi connectivity index (χ3n) is 6.96. The average molecular weight is 745 g/mol. The number of halogens is 6. The number of carboxylic acid groups (broad SMARTS) is 2. The highest BCUT2D eigenvalue weighted by Gasteiger charge is 2.39. The SMILES string of the molecule is Cc1nc(N)ccc1CNC(=O)[C@H](C)NC(=O)[C@H]1C[C@@H](c2ccccc2)CCN1CCNS(C)(=O)=O.O=C(O)C(F)(F)F.O=C(O)C(F)(F)F. The summed E-state index contributed by atoms with van der Waals surface area (Å²) in [5.74, 6) is -5.45. The standard InChI is InChI=1S/C25H36N6O4S.2C2HF3O2/c1-17-21(9-10-23(26)29-17)16-27-24(32)18(2)30-25(33)22-15-20(19-7-5-4-6-8-19)11-13-31(22)14-12-28-36(3,34)35;2*3-2(4,5)1(6)7/h4-10,18,20,22,28H,11-16H2,1-3H3,(H2,26,29)(H,27,32)(H,30,33);2*(H,6,7)/t18-,20-,22+;;/m0../s1. The number of alkyl halides is 6. The fraction of sp³-hybridized carbons (Fsp3) is 0.483. The molecule has 1 aliphatic rings. The maximum absolute atomic E-state index is 13.3. The van der Waals surface area contributed by atoms with Gasteiger partial charge in [-0.25, -0.2) is 27.7 Å². The molecule has 1 aromatic heterocycles.